The third kappa shape index (κ3) is 3.71. The molecule has 22 heavy (non-hydrogen) atoms. The van der Waals surface area contributed by atoms with Gasteiger partial charge < -0.3 is 9.64 Å². The van der Waals surface area contributed by atoms with Gasteiger partial charge in [-0.15, -0.1) is 0 Å². The number of carbonyl (C=O) groups is 1. The van der Waals surface area contributed by atoms with E-state index in [1.807, 2.05) is 32.0 Å². The lowest BCUT2D eigenvalue weighted by Crippen LogP contribution is -2.21. The van der Waals surface area contributed by atoms with Crippen LogP contribution in [0.25, 0.3) is 11.3 Å². The lowest BCUT2D eigenvalue weighted by Gasteiger charge is -2.12. The molecule has 1 atom stereocenters. The number of rotatable bonds is 5. The van der Waals surface area contributed by atoms with E-state index in [1.54, 1.807) is 31.3 Å². The summed E-state index contributed by atoms with van der Waals surface area (Å²) < 4.78 is 5.58. The highest BCUT2D eigenvalue weighted by atomic mass is 16.5. The van der Waals surface area contributed by atoms with E-state index in [0.29, 0.717) is 12.2 Å². The van der Waals surface area contributed by atoms with Crippen molar-refractivity contribution in [2.45, 2.75) is 20.0 Å². The first kappa shape index (κ1) is 16.2. The number of hydrogen-bond donors (Lipinski definition) is 0. The Morgan fingerprint density at radius 3 is 2.36 bits per heavy atom. The van der Waals surface area contributed by atoms with Crippen molar-refractivity contribution in [1.29, 1.82) is 0 Å². The molecule has 1 amide bonds. The van der Waals surface area contributed by atoms with Crippen molar-refractivity contribution < 1.29 is 9.53 Å². The minimum Gasteiger partial charge on any atom is -0.374 e. The predicted octanol–water partition coefficient (Wildman–Crippen LogP) is 3.55. The van der Waals surface area contributed by atoms with Gasteiger partial charge in [0.1, 0.15) is 0 Å². The Kier molecular flexibility index (Phi) is 5.28. The quantitative estimate of drug-likeness (QED) is 0.848. The van der Waals surface area contributed by atoms with Gasteiger partial charge in [0.05, 0.1) is 17.4 Å². The molecule has 116 valence electrons. The largest absolute Gasteiger partial charge is 0.374 e. The van der Waals surface area contributed by atoms with Gasteiger partial charge in [0.25, 0.3) is 5.91 Å². The van der Waals surface area contributed by atoms with E-state index in [2.05, 4.69) is 17.1 Å². The number of ether oxygens (including phenoxy) is 1. The molecular formula is C18H22N2O2. The standard InChI is InChI=1S/C18H22N2O2/c1-5-22-13(2)14-6-8-15(9-7-14)17-11-10-16(12-19-17)18(21)20(3)4/h6-13H,5H2,1-4H3/t13-/m1/s1. The van der Waals surface area contributed by atoms with Gasteiger partial charge in [0, 0.05) is 32.5 Å². The molecule has 0 saturated carbocycles. The lowest BCUT2D eigenvalue weighted by molar-refractivity contribution is 0.0764. The summed E-state index contributed by atoms with van der Waals surface area (Å²) in [5, 5.41) is 0. The zero-order valence-electron chi connectivity index (χ0n) is 13.5. The second kappa shape index (κ2) is 7.18. The van der Waals surface area contributed by atoms with Crippen molar-refractivity contribution in [2.75, 3.05) is 20.7 Å². The van der Waals surface area contributed by atoms with E-state index in [4.69, 9.17) is 4.74 Å². The third-order valence-corrected chi connectivity index (χ3v) is 3.51. The smallest absolute Gasteiger partial charge is 0.254 e. The Balaban J connectivity index is 2.17. The molecule has 0 saturated heterocycles. The zero-order chi connectivity index (χ0) is 16.1. The van der Waals surface area contributed by atoms with Crippen molar-refractivity contribution in [2.24, 2.45) is 0 Å². The monoisotopic (exact) mass is 298 g/mol. The first-order chi connectivity index (χ1) is 10.5. The fraction of sp³-hybridized carbons (Fsp3) is 0.333. The summed E-state index contributed by atoms with van der Waals surface area (Å²) >= 11 is 0. The Hall–Kier alpha value is -2.20. The maximum Gasteiger partial charge on any atom is 0.254 e. The van der Waals surface area contributed by atoms with Gasteiger partial charge in [-0.25, -0.2) is 0 Å². The van der Waals surface area contributed by atoms with E-state index < -0.39 is 0 Å². The average Bonchev–Trinajstić information content (AvgIpc) is 2.54. The first-order valence-corrected chi connectivity index (χ1v) is 7.42. The number of nitrogens with zero attached hydrogens (tertiary/aromatic N) is 2. The van der Waals surface area contributed by atoms with Gasteiger partial charge in [0.15, 0.2) is 0 Å². The van der Waals surface area contributed by atoms with Crippen LogP contribution >= 0.6 is 0 Å². The highest BCUT2D eigenvalue weighted by Gasteiger charge is 2.09. The normalized spacial score (nSPS) is 12.0. The van der Waals surface area contributed by atoms with Crippen LogP contribution in [0.1, 0.15) is 35.9 Å². The Bertz CT molecular complexity index is 619. The van der Waals surface area contributed by atoms with Crippen LogP contribution in [0.15, 0.2) is 42.6 Å². The van der Waals surface area contributed by atoms with E-state index in [1.165, 1.54) is 0 Å². The fourth-order valence-electron chi connectivity index (χ4n) is 2.22. The molecule has 4 nitrogen and oxygen atoms in total. The molecule has 0 N–H and O–H groups in total. The summed E-state index contributed by atoms with van der Waals surface area (Å²) in [5.74, 6) is -0.0417. The molecule has 1 aromatic carbocycles. The maximum absolute atomic E-state index is 11.8. The van der Waals surface area contributed by atoms with Gasteiger partial charge in [-0.1, -0.05) is 24.3 Å². The Morgan fingerprint density at radius 1 is 1.18 bits per heavy atom. The zero-order valence-corrected chi connectivity index (χ0v) is 13.5. The number of aromatic nitrogens is 1. The number of hydrogen-bond acceptors (Lipinski definition) is 3. The molecule has 1 heterocycles. The summed E-state index contributed by atoms with van der Waals surface area (Å²) in [7, 11) is 3.46. The minimum atomic E-state index is -0.0417. The molecule has 0 spiro atoms. The number of amides is 1. The Morgan fingerprint density at radius 2 is 1.86 bits per heavy atom. The van der Waals surface area contributed by atoms with Crippen LogP contribution in [0.5, 0.6) is 0 Å². The molecule has 0 aliphatic carbocycles. The number of benzene rings is 1. The second-order valence-corrected chi connectivity index (χ2v) is 5.35. The SMILES string of the molecule is CCO[C@H](C)c1ccc(-c2ccc(C(=O)N(C)C)cn2)cc1. The van der Waals surface area contributed by atoms with Crippen LogP contribution in [0.2, 0.25) is 0 Å². The Labute approximate surface area is 131 Å². The molecule has 0 unspecified atom stereocenters. The molecule has 0 aliphatic heterocycles. The lowest BCUT2D eigenvalue weighted by atomic mass is 10.1. The van der Waals surface area contributed by atoms with Crippen molar-refractivity contribution >= 4 is 5.91 Å². The summed E-state index contributed by atoms with van der Waals surface area (Å²) in [4.78, 5) is 17.8. The van der Waals surface area contributed by atoms with Gasteiger partial charge in [-0.2, -0.15) is 0 Å². The van der Waals surface area contributed by atoms with Gasteiger partial charge in [-0.05, 0) is 31.5 Å². The number of carbonyl (C=O) groups excluding carboxylic acids is 1. The summed E-state index contributed by atoms with van der Waals surface area (Å²) in [6, 6.07) is 11.8. The highest BCUT2D eigenvalue weighted by Crippen LogP contribution is 2.22. The fourth-order valence-corrected chi connectivity index (χ4v) is 2.22. The van der Waals surface area contributed by atoms with E-state index in [-0.39, 0.29) is 12.0 Å². The van der Waals surface area contributed by atoms with Gasteiger partial charge >= 0.3 is 0 Å². The molecule has 0 radical (unpaired) electrons. The van der Waals surface area contributed by atoms with E-state index in [9.17, 15) is 4.79 Å². The van der Waals surface area contributed by atoms with Gasteiger partial charge in [-0.3, -0.25) is 9.78 Å². The van der Waals surface area contributed by atoms with Crippen molar-refractivity contribution in [3.8, 4) is 11.3 Å². The average molecular weight is 298 g/mol. The number of pyridine rings is 1. The van der Waals surface area contributed by atoms with E-state index in [0.717, 1.165) is 16.8 Å². The highest BCUT2D eigenvalue weighted by molar-refractivity contribution is 5.93. The van der Waals surface area contributed by atoms with Crippen LogP contribution in [0.4, 0.5) is 0 Å². The maximum atomic E-state index is 11.8. The van der Waals surface area contributed by atoms with E-state index >= 15 is 0 Å². The summed E-state index contributed by atoms with van der Waals surface area (Å²) in [5.41, 5.74) is 3.61. The van der Waals surface area contributed by atoms with Crippen LogP contribution in [0.3, 0.4) is 0 Å². The van der Waals surface area contributed by atoms with Crippen LogP contribution < -0.4 is 0 Å². The van der Waals surface area contributed by atoms with Crippen molar-refractivity contribution in [3.05, 3.63) is 53.7 Å². The predicted molar refractivity (Wildman–Crippen MR) is 87.7 cm³/mol. The molecule has 0 aliphatic rings. The van der Waals surface area contributed by atoms with Gasteiger partial charge in [0.2, 0.25) is 0 Å². The topological polar surface area (TPSA) is 42.4 Å². The molecular weight excluding hydrogens is 276 g/mol. The van der Waals surface area contributed by atoms with Crippen LogP contribution in [0, 0.1) is 0 Å². The third-order valence-electron chi connectivity index (χ3n) is 3.51. The van der Waals surface area contributed by atoms with Crippen LogP contribution in [-0.4, -0.2) is 36.5 Å². The van der Waals surface area contributed by atoms with Crippen molar-refractivity contribution in [3.63, 3.8) is 0 Å². The molecule has 4 heteroatoms. The minimum absolute atomic E-state index is 0.0417. The summed E-state index contributed by atoms with van der Waals surface area (Å²) in [6.07, 6.45) is 1.71. The van der Waals surface area contributed by atoms with Crippen LogP contribution in [-0.2, 0) is 4.74 Å². The molecule has 0 bridgehead atoms. The molecule has 0 fully saturated rings. The molecule has 2 rings (SSSR count). The second-order valence-electron chi connectivity index (χ2n) is 5.35. The first-order valence-electron chi connectivity index (χ1n) is 7.42. The summed E-state index contributed by atoms with van der Waals surface area (Å²) in [6.45, 7) is 4.73. The molecule has 2 aromatic rings. The molecule has 1 aromatic heterocycles. The van der Waals surface area contributed by atoms with Crippen molar-refractivity contribution in [1.82, 2.24) is 9.88 Å².